The largest absolute Gasteiger partial charge is 0.393 e. The van der Waals surface area contributed by atoms with Gasteiger partial charge in [0, 0.05) is 62.5 Å². The van der Waals surface area contributed by atoms with E-state index in [9.17, 15) is 0 Å². The van der Waals surface area contributed by atoms with Crippen molar-refractivity contribution in [1.82, 2.24) is 34.8 Å². The van der Waals surface area contributed by atoms with E-state index < -0.39 is 0 Å². The quantitative estimate of drug-likeness (QED) is 0.326. The van der Waals surface area contributed by atoms with Crippen LogP contribution in [0.3, 0.4) is 0 Å². The van der Waals surface area contributed by atoms with Crippen molar-refractivity contribution in [1.29, 1.82) is 0 Å². The van der Waals surface area contributed by atoms with Crippen LogP contribution in [0.5, 0.6) is 0 Å². The molecule has 3 heterocycles. The van der Waals surface area contributed by atoms with Crippen LogP contribution in [-0.2, 0) is 20.5 Å². The zero-order chi connectivity index (χ0) is 26.1. The molecule has 1 aliphatic carbocycles. The lowest BCUT2D eigenvalue weighted by atomic mass is 9.84. The second-order valence-electron chi connectivity index (χ2n) is 9.71. The Bertz CT molecular complexity index is 1490. The monoisotopic (exact) mass is 494 g/mol. The molecule has 0 fully saturated rings. The Balaban J connectivity index is 1.56. The molecule has 0 saturated heterocycles. The number of rotatable bonds is 7. The second kappa shape index (κ2) is 10.0. The highest BCUT2D eigenvalue weighted by Crippen LogP contribution is 2.43. The highest BCUT2D eigenvalue weighted by Gasteiger charge is 2.30. The molecule has 8 heteroatoms. The van der Waals surface area contributed by atoms with Crippen LogP contribution in [0.4, 0.5) is 11.8 Å². The van der Waals surface area contributed by atoms with Crippen molar-refractivity contribution in [3.05, 3.63) is 77.4 Å². The van der Waals surface area contributed by atoms with Gasteiger partial charge < -0.3 is 10.6 Å². The third-order valence-corrected chi connectivity index (χ3v) is 6.91. The average molecular weight is 495 g/mol. The third-order valence-electron chi connectivity index (χ3n) is 6.91. The Labute approximate surface area is 218 Å². The standard InChI is InChI=1S/C29H34N8/c1-7-18(2)14-22(16-30-4)20-8-10-21(11-9-20)28-26-24(34-37(28)6)15-19(3)23-17-31-29(33-27(23)26)32-25-12-13-36(5)35-25/h8-14,16-17,19,30H,7,15H2,1-6H3,(H,31,32,33,35)/b18-14+,22-16+. The Hall–Kier alpha value is -4.20. The van der Waals surface area contributed by atoms with E-state index >= 15 is 0 Å². The van der Waals surface area contributed by atoms with Gasteiger partial charge in [-0.05, 0) is 36.8 Å². The highest BCUT2D eigenvalue weighted by atomic mass is 15.3. The molecule has 4 aromatic rings. The maximum Gasteiger partial charge on any atom is 0.228 e. The van der Waals surface area contributed by atoms with Crippen LogP contribution in [0, 0.1) is 0 Å². The molecule has 190 valence electrons. The summed E-state index contributed by atoms with van der Waals surface area (Å²) in [5.41, 5.74) is 10.1. The van der Waals surface area contributed by atoms with E-state index in [1.165, 1.54) is 11.1 Å². The number of aromatic nitrogens is 6. The van der Waals surface area contributed by atoms with E-state index in [4.69, 9.17) is 10.1 Å². The Kier molecular flexibility index (Phi) is 6.65. The molecule has 0 saturated carbocycles. The SMILES string of the molecule is CC/C(C)=C/C(=C\NC)c1ccc(-c2c3c(nn2C)CC(C)c2cnc(Nc4ccn(C)n4)nc2-3)cc1. The summed E-state index contributed by atoms with van der Waals surface area (Å²) in [6.07, 6.45) is 10.0. The van der Waals surface area contributed by atoms with Gasteiger partial charge in [0.1, 0.15) is 0 Å². The van der Waals surface area contributed by atoms with Gasteiger partial charge in [0.05, 0.1) is 17.1 Å². The van der Waals surface area contributed by atoms with E-state index in [0.29, 0.717) is 17.7 Å². The Morgan fingerprint density at radius 3 is 2.59 bits per heavy atom. The van der Waals surface area contributed by atoms with Crippen LogP contribution in [0.25, 0.3) is 28.1 Å². The van der Waals surface area contributed by atoms with E-state index in [2.05, 4.69) is 71.8 Å². The van der Waals surface area contributed by atoms with E-state index in [0.717, 1.165) is 52.2 Å². The summed E-state index contributed by atoms with van der Waals surface area (Å²) in [7, 11) is 5.83. The van der Waals surface area contributed by atoms with Crippen LogP contribution >= 0.6 is 0 Å². The first kappa shape index (κ1) is 24.5. The minimum atomic E-state index is 0.291. The molecule has 0 aliphatic heterocycles. The fraction of sp³-hybridized carbons (Fsp3) is 0.310. The number of fused-ring (bicyclic) bond motifs is 3. The number of allylic oxidation sites excluding steroid dienone is 3. The normalized spacial score (nSPS) is 15.4. The number of hydrogen-bond acceptors (Lipinski definition) is 6. The van der Waals surface area contributed by atoms with E-state index in [1.54, 1.807) is 4.68 Å². The van der Waals surface area contributed by atoms with Crippen molar-refractivity contribution in [2.24, 2.45) is 14.1 Å². The van der Waals surface area contributed by atoms with Crippen LogP contribution in [0.15, 0.2) is 60.6 Å². The zero-order valence-corrected chi connectivity index (χ0v) is 22.4. The summed E-state index contributed by atoms with van der Waals surface area (Å²) in [5.74, 6) is 1.54. The Morgan fingerprint density at radius 2 is 1.92 bits per heavy atom. The first-order valence-electron chi connectivity index (χ1n) is 12.7. The topological polar surface area (TPSA) is 85.5 Å². The van der Waals surface area contributed by atoms with Gasteiger partial charge in [-0.25, -0.2) is 9.97 Å². The Morgan fingerprint density at radius 1 is 1.14 bits per heavy atom. The lowest BCUT2D eigenvalue weighted by molar-refractivity contribution is 0.688. The van der Waals surface area contributed by atoms with Crippen molar-refractivity contribution in [2.75, 3.05) is 12.4 Å². The van der Waals surface area contributed by atoms with E-state index in [1.807, 2.05) is 50.5 Å². The predicted octanol–water partition coefficient (Wildman–Crippen LogP) is 5.60. The number of nitrogens with zero attached hydrogens (tertiary/aromatic N) is 6. The molecule has 5 rings (SSSR count). The molecule has 1 aromatic carbocycles. The molecular formula is C29H34N8. The summed E-state index contributed by atoms with van der Waals surface area (Å²) >= 11 is 0. The van der Waals surface area contributed by atoms with Gasteiger partial charge in [0.25, 0.3) is 0 Å². The number of anilines is 2. The summed E-state index contributed by atoms with van der Waals surface area (Å²) < 4.78 is 3.74. The summed E-state index contributed by atoms with van der Waals surface area (Å²) in [6, 6.07) is 10.6. The number of benzene rings is 1. The second-order valence-corrected chi connectivity index (χ2v) is 9.71. The fourth-order valence-corrected chi connectivity index (χ4v) is 4.86. The van der Waals surface area contributed by atoms with Gasteiger partial charge in [-0.15, -0.1) is 0 Å². The van der Waals surface area contributed by atoms with Gasteiger partial charge in [-0.2, -0.15) is 10.2 Å². The molecule has 0 radical (unpaired) electrons. The predicted molar refractivity (Wildman–Crippen MR) is 149 cm³/mol. The lowest BCUT2D eigenvalue weighted by Gasteiger charge is -2.22. The molecular weight excluding hydrogens is 460 g/mol. The first-order valence-corrected chi connectivity index (χ1v) is 12.7. The minimum Gasteiger partial charge on any atom is -0.393 e. The lowest BCUT2D eigenvalue weighted by Crippen LogP contribution is -2.12. The summed E-state index contributed by atoms with van der Waals surface area (Å²) in [6.45, 7) is 6.55. The summed E-state index contributed by atoms with van der Waals surface area (Å²) in [4.78, 5) is 9.56. The van der Waals surface area contributed by atoms with Crippen molar-refractivity contribution >= 4 is 17.3 Å². The van der Waals surface area contributed by atoms with Crippen LogP contribution in [0.2, 0.25) is 0 Å². The molecule has 1 atom stereocenters. The number of nitrogens with one attached hydrogen (secondary N) is 2. The molecule has 3 aromatic heterocycles. The zero-order valence-electron chi connectivity index (χ0n) is 22.4. The highest BCUT2D eigenvalue weighted by molar-refractivity contribution is 5.85. The molecule has 0 bridgehead atoms. The molecule has 1 aliphatic rings. The van der Waals surface area contributed by atoms with Gasteiger partial charge in [-0.3, -0.25) is 9.36 Å². The molecule has 37 heavy (non-hydrogen) atoms. The molecule has 8 nitrogen and oxygen atoms in total. The van der Waals surface area contributed by atoms with E-state index in [-0.39, 0.29) is 0 Å². The van der Waals surface area contributed by atoms with Crippen LogP contribution in [0.1, 0.15) is 49.9 Å². The average Bonchev–Trinajstić information content (AvgIpc) is 3.45. The van der Waals surface area contributed by atoms with Crippen LogP contribution < -0.4 is 10.6 Å². The van der Waals surface area contributed by atoms with Crippen molar-refractivity contribution in [3.8, 4) is 22.5 Å². The third kappa shape index (κ3) is 4.79. The van der Waals surface area contributed by atoms with Crippen LogP contribution in [-0.4, -0.2) is 36.6 Å². The molecule has 0 amide bonds. The minimum absolute atomic E-state index is 0.291. The number of hydrogen-bond donors (Lipinski definition) is 2. The van der Waals surface area contributed by atoms with Gasteiger partial charge >= 0.3 is 0 Å². The molecule has 1 unspecified atom stereocenters. The number of aryl methyl sites for hydroxylation is 2. The van der Waals surface area contributed by atoms with Gasteiger partial charge in [-0.1, -0.05) is 49.8 Å². The fourth-order valence-electron chi connectivity index (χ4n) is 4.86. The van der Waals surface area contributed by atoms with Gasteiger partial charge in [0.2, 0.25) is 5.95 Å². The summed E-state index contributed by atoms with van der Waals surface area (Å²) in [5, 5.41) is 15.7. The maximum atomic E-state index is 4.97. The van der Waals surface area contributed by atoms with Crippen molar-refractivity contribution in [3.63, 3.8) is 0 Å². The first-order chi connectivity index (χ1) is 17.9. The maximum absolute atomic E-state index is 4.97. The smallest absolute Gasteiger partial charge is 0.228 e. The van der Waals surface area contributed by atoms with Gasteiger partial charge in [0.15, 0.2) is 5.82 Å². The van der Waals surface area contributed by atoms with Crippen molar-refractivity contribution < 1.29 is 0 Å². The van der Waals surface area contributed by atoms with Crippen molar-refractivity contribution in [2.45, 2.75) is 39.5 Å². The molecule has 2 N–H and O–H groups in total. The molecule has 0 spiro atoms.